The van der Waals surface area contributed by atoms with Crippen molar-refractivity contribution in [3.63, 3.8) is 0 Å². The molecule has 1 atom stereocenters. The van der Waals surface area contributed by atoms with Crippen LogP contribution in [-0.2, 0) is 14.8 Å². The fourth-order valence-electron chi connectivity index (χ4n) is 2.25. The van der Waals surface area contributed by atoms with E-state index < -0.39 is 16.1 Å². The first kappa shape index (κ1) is 15.7. The summed E-state index contributed by atoms with van der Waals surface area (Å²) in [6, 6.07) is -0.236. The monoisotopic (exact) mass is 316 g/mol. The van der Waals surface area contributed by atoms with E-state index in [1.54, 1.807) is 11.9 Å². The molecule has 0 N–H and O–H groups in total. The van der Waals surface area contributed by atoms with Crippen molar-refractivity contribution in [3.8, 4) is 12.3 Å². The maximum Gasteiger partial charge on any atom is 0.241 e. The molecule has 0 aromatic heterocycles. The van der Waals surface area contributed by atoms with Crippen LogP contribution in [0.1, 0.15) is 25.7 Å². The maximum absolute atomic E-state index is 12.4. The van der Waals surface area contributed by atoms with Crippen LogP contribution in [-0.4, -0.2) is 60.0 Å². The topological polar surface area (TPSA) is 57.7 Å². The summed E-state index contributed by atoms with van der Waals surface area (Å²) in [5.41, 5.74) is 0. The van der Waals surface area contributed by atoms with Crippen molar-refractivity contribution in [2.45, 2.75) is 37.8 Å². The van der Waals surface area contributed by atoms with Crippen LogP contribution in [0, 0.1) is 12.3 Å². The summed E-state index contributed by atoms with van der Waals surface area (Å²) in [5, 5.41) is 0. The Morgan fingerprint density at radius 3 is 2.80 bits per heavy atom. The summed E-state index contributed by atoms with van der Waals surface area (Å²) in [5.74, 6) is 3.31. The highest BCUT2D eigenvalue weighted by Gasteiger charge is 2.42. The third kappa shape index (κ3) is 3.48. The van der Waals surface area contributed by atoms with E-state index in [2.05, 4.69) is 5.92 Å². The predicted octanol–water partition coefficient (Wildman–Crippen LogP) is 0.725. The summed E-state index contributed by atoms with van der Waals surface area (Å²) in [6.07, 6.45) is 8.08. The zero-order valence-electron chi connectivity index (χ0n) is 11.6. The van der Waals surface area contributed by atoms with Crippen molar-refractivity contribution >= 4 is 27.7 Å². The lowest BCUT2D eigenvalue weighted by molar-refractivity contribution is -0.133. The molecule has 1 amide bonds. The molecule has 1 aliphatic carbocycles. The van der Waals surface area contributed by atoms with Gasteiger partial charge in [-0.25, -0.2) is 8.42 Å². The minimum Gasteiger partial charge on any atom is -0.341 e. The van der Waals surface area contributed by atoms with Gasteiger partial charge in [0.2, 0.25) is 15.9 Å². The summed E-state index contributed by atoms with van der Waals surface area (Å²) < 4.78 is 26.0. The number of nitrogens with zero attached hydrogens (tertiary/aromatic N) is 2. The predicted molar refractivity (Wildman–Crippen MR) is 80.6 cm³/mol. The lowest BCUT2D eigenvalue weighted by atomic mass is 10.3. The molecule has 2 rings (SSSR count). The zero-order valence-corrected chi connectivity index (χ0v) is 13.3. The largest absolute Gasteiger partial charge is 0.341 e. The SMILES string of the molecule is C#CCCCS(=O)(=O)N1CSC[C@@H]1C(=O)N(C)C1CC1. The van der Waals surface area contributed by atoms with E-state index in [0.29, 0.717) is 30.5 Å². The second kappa shape index (κ2) is 6.37. The third-order valence-electron chi connectivity index (χ3n) is 3.65. The van der Waals surface area contributed by atoms with Gasteiger partial charge in [0.25, 0.3) is 0 Å². The van der Waals surface area contributed by atoms with E-state index in [1.807, 2.05) is 0 Å². The summed E-state index contributed by atoms with van der Waals surface area (Å²) >= 11 is 1.49. The summed E-state index contributed by atoms with van der Waals surface area (Å²) in [7, 11) is -1.63. The molecule has 1 saturated heterocycles. The fourth-order valence-corrected chi connectivity index (χ4v) is 5.51. The Kier molecular flexibility index (Phi) is 4.99. The highest BCUT2D eigenvalue weighted by atomic mass is 32.2. The number of unbranched alkanes of at least 4 members (excludes halogenated alkanes) is 1. The number of hydrogen-bond acceptors (Lipinski definition) is 4. The molecule has 7 heteroatoms. The standard InChI is InChI=1S/C13H20N2O3S2/c1-3-4-5-8-20(17,18)15-10-19-9-12(15)13(16)14(2)11-6-7-11/h1,11-12H,4-10H2,2H3/t12-/m1/s1. The Balaban J connectivity index is 2.02. The van der Waals surface area contributed by atoms with E-state index in [9.17, 15) is 13.2 Å². The molecular formula is C13H20N2O3S2. The van der Waals surface area contributed by atoms with Crippen LogP contribution < -0.4 is 0 Å². The molecule has 2 fully saturated rings. The Morgan fingerprint density at radius 1 is 1.50 bits per heavy atom. The van der Waals surface area contributed by atoms with Gasteiger partial charge >= 0.3 is 0 Å². The van der Waals surface area contributed by atoms with Crippen LogP contribution in [0.3, 0.4) is 0 Å². The summed E-state index contributed by atoms with van der Waals surface area (Å²) in [4.78, 5) is 14.1. The first-order valence-electron chi connectivity index (χ1n) is 6.75. The molecule has 0 unspecified atom stereocenters. The quantitative estimate of drug-likeness (QED) is 0.535. The molecule has 1 heterocycles. The molecule has 20 heavy (non-hydrogen) atoms. The van der Waals surface area contributed by atoms with Crippen molar-refractivity contribution in [1.29, 1.82) is 0 Å². The molecule has 1 aliphatic heterocycles. The number of carbonyl (C=O) groups excluding carboxylic acids is 1. The smallest absolute Gasteiger partial charge is 0.241 e. The van der Waals surface area contributed by atoms with Crippen LogP contribution in [0.2, 0.25) is 0 Å². The van der Waals surface area contributed by atoms with Crippen molar-refractivity contribution in [3.05, 3.63) is 0 Å². The first-order valence-corrected chi connectivity index (χ1v) is 9.51. The molecule has 1 saturated carbocycles. The van der Waals surface area contributed by atoms with Crippen LogP contribution >= 0.6 is 11.8 Å². The number of amides is 1. The van der Waals surface area contributed by atoms with E-state index in [0.717, 1.165) is 12.8 Å². The number of hydrogen-bond donors (Lipinski definition) is 0. The average molecular weight is 316 g/mol. The maximum atomic E-state index is 12.4. The number of terminal acetylenes is 1. The summed E-state index contributed by atoms with van der Waals surface area (Å²) in [6.45, 7) is 0. The molecule has 0 aromatic carbocycles. The minimum absolute atomic E-state index is 0.0225. The van der Waals surface area contributed by atoms with Crippen LogP contribution in [0.5, 0.6) is 0 Å². The number of likely N-dealkylation sites (N-methyl/N-ethyl adjacent to an activating group) is 1. The van der Waals surface area contributed by atoms with Gasteiger partial charge < -0.3 is 4.90 Å². The second-order valence-electron chi connectivity index (χ2n) is 5.21. The fraction of sp³-hybridized carbons (Fsp3) is 0.769. The van der Waals surface area contributed by atoms with Gasteiger partial charge in [0.1, 0.15) is 6.04 Å². The van der Waals surface area contributed by atoms with Crippen molar-refractivity contribution < 1.29 is 13.2 Å². The molecule has 0 radical (unpaired) electrons. The van der Waals surface area contributed by atoms with Gasteiger partial charge in [-0.05, 0) is 19.3 Å². The van der Waals surface area contributed by atoms with Gasteiger partial charge in [0.05, 0.1) is 11.6 Å². The Hall–Kier alpha value is -0.710. The van der Waals surface area contributed by atoms with E-state index in [-0.39, 0.29) is 11.7 Å². The van der Waals surface area contributed by atoms with Crippen LogP contribution in [0.4, 0.5) is 0 Å². The van der Waals surface area contributed by atoms with Gasteiger partial charge in [0, 0.05) is 25.3 Å². The van der Waals surface area contributed by atoms with Crippen molar-refractivity contribution in [1.82, 2.24) is 9.21 Å². The lowest BCUT2D eigenvalue weighted by Gasteiger charge is -2.26. The Morgan fingerprint density at radius 2 is 2.20 bits per heavy atom. The first-order chi connectivity index (χ1) is 9.47. The van der Waals surface area contributed by atoms with E-state index in [1.165, 1.54) is 16.1 Å². The third-order valence-corrected chi connectivity index (χ3v) is 6.73. The highest BCUT2D eigenvalue weighted by Crippen LogP contribution is 2.30. The van der Waals surface area contributed by atoms with Crippen LogP contribution in [0.15, 0.2) is 0 Å². The van der Waals surface area contributed by atoms with Gasteiger partial charge in [-0.15, -0.1) is 24.1 Å². The molecule has 112 valence electrons. The van der Waals surface area contributed by atoms with Gasteiger partial charge in [-0.2, -0.15) is 4.31 Å². The number of sulfonamides is 1. The highest BCUT2D eigenvalue weighted by molar-refractivity contribution is 8.00. The minimum atomic E-state index is -3.40. The molecule has 2 aliphatic rings. The number of carbonyl (C=O) groups is 1. The second-order valence-corrected chi connectivity index (χ2v) is 8.25. The van der Waals surface area contributed by atoms with Crippen LogP contribution in [0.25, 0.3) is 0 Å². The number of thioether (sulfide) groups is 1. The molecular weight excluding hydrogens is 296 g/mol. The van der Waals surface area contributed by atoms with Gasteiger partial charge in [-0.1, -0.05) is 0 Å². The Bertz CT molecular complexity index is 508. The Labute approximate surface area is 125 Å². The lowest BCUT2D eigenvalue weighted by Crippen LogP contribution is -2.48. The molecule has 0 spiro atoms. The number of rotatable bonds is 6. The molecule has 0 aromatic rings. The average Bonchev–Trinajstić information content (AvgIpc) is 3.13. The van der Waals surface area contributed by atoms with E-state index >= 15 is 0 Å². The molecule has 0 bridgehead atoms. The van der Waals surface area contributed by atoms with E-state index in [4.69, 9.17) is 6.42 Å². The zero-order chi connectivity index (χ0) is 14.8. The van der Waals surface area contributed by atoms with Crippen molar-refractivity contribution in [2.75, 3.05) is 24.4 Å². The van der Waals surface area contributed by atoms with Gasteiger partial charge in [0.15, 0.2) is 0 Å². The van der Waals surface area contributed by atoms with Gasteiger partial charge in [-0.3, -0.25) is 4.79 Å². The normalized spacial score (nSPS) is 23.5. The molecule has 5 nitrogen and oxygen atoms in total. The van der Waals surface area contributed by atoms with Crippen molar-refractivity contribution in [2.24, 2.45) is 0 Å².